The molecule has 1 aromatic carbocycles. The molecule has 0 unspecified atom stereocenters. The van der Waals surface area contributed by atoms with Crippen LogP contribution in [0.3, 0.4) is 0 Å². The fourth-order valence-electron chi connectivity index (χ4n) is 4.32. The summed E-state index contributed by atoms with van der Waals surface area (Å²) < 4.78 is 44.1. The maximum absolute atomic E-state index is 13.1. The van der Waals surface area contributed by atoms with Crippen molar-refractivity contribution in [2.75, 3.05) is 39.0 Å². The Labute approximate surface area is 160 Å². The minimum Gasteiger partial charge on any atom is -0.466 e. The second-order valence-electron chi connectivity index (χ2n) is 7.59. The first kappa shape index (κ1) is 20.2. The fourth-order valence-corrected chi connectivity index (χ4v) is 5.23. The Bertz CT molecular complexity index is 783. The summed E-state index contributed by atoms with van der Waals surface area (Å²) in [7, 11) is -3.38. The normalized spacial score (nSPS) is 27.1. The molecule has 3 rings (SSSR count). The van der Waals surface area contributed by atoms with E-state index < -0.39 is 15.4 Å². The predicted octanol–water partition coefficient (Wildman–Crippen LogP) is 1.86. The lowest BCUT2D eigenvalue weighted by molar-refractivity contribution is -0.157. The van der Waals surface area contributed by atoms with Gasteiger partial charge in [-0.15, -0.1) is 0 Å². The molecule has 0 radical (unpaired) electrons. The molecule has 2 fully saturated rings. The van der Waals surface area contributed by atoms with Crippen molar-refractivity contribution in [3.8, 4) is 0 Å². The van der Waals surface area contributed by atoms with Crippen molar-refractivity contribution in [2.45, 2.75) is 26.3 Å². The van der Waals surface area contributed by atoms with E-state index in [9.17, 15) is 17.6 Å². The Morgan fingerprint density at radius 1 is 1.30 bits per heavy atom. The van der Waals surface area contributed by atoms with E-state index in [0.29, 0.717) is 26.1 Å². The number of sulfonamides is 1. The molecule has 0 saturated carbocycles. The third kappa shape index (κ3) is 4.33. The predicted molar refractivity (Wildman–Crippen MR) is 99.9 cm³/mol. The van der Waals surface area contributed by atoms with Gasteiger partial charge in [-0.25, -0.2) is 17.1 Å². The highest BCUT2D eigenvalue weighted by Gasteiger charge is 2.55. The molecule has 2 atom stereocenters. The second kappa shape index (κ2) is 7.85. The molecule has 27 heavy (non-hydrogen) atoms. The number of hydrogen-bond acceptors (Lipinski definition) is 5. The number of nitrogens with zero attached hydrogens (tertiary/aromatic N) is 2. The van der Waals surface area contributed by atoms with Gasteiger partial charge in [0, 0.05) is 32.1 Å². The molecular formula is C19H27FN2O4S. The van der Waals surface area contributed by atoms with Crippen molar-refractivity contribution >= 4 is 16.0 Å². The lowest BCUT2D eigenvalue weighted by atomic mass is 9.75. The Hall–Kier alpha value is -1.51. The van der Waals surface area contributed by atoms with Gasteiger partial charge >= 0.3 is 5.97 Å². The molecule has 0 spiro atoms. The number of fused-ring (bicyclic) bond motifs is 1. The van der Waals surface area contributed by atoms with Crippen LogP contribution >= 0.6 is 0 Å². The molecular weight excluding hydrogens is 371 g/mol. The minimum atomic E-state index is -3.38. The van der Waals surface area contributed by atoms with Gasteiger partial charge in [-0.2, -0.15) is 0 Å². The number of hydrogen-bond donors (Lipinski definition) is 0. The molecule has 0 N–H and O–H groups in total. The summed E-state index contributed by atoms with van der Waals surface area (Å²) in [5.74, 6) is -0.672. The molecule has 2 aliphatic heterocycles. The van der Waals surface area contributed by atoms with E-state index in [2.05, 4.69) is 4.90 Å². The number of rotatable bonds is 5. The number of likely N-dealkylation sites (tertiary alicyclic amines) is 1. The molecule has 8 heteroatoms. The van der Waals surface area contributed by atoms with Gasteiger partial charge < -0.3 is 4.74 Å². The van der Waals surface area contributed by atoms with Crippen molar-refractivity contribution in [2.24, 2.45) is 11.3 Å². The molecule has 2 aliphatic rings. The molecule has 0 aliphatic carbocycles. The average molecular weight is 399 g/mol. The number of carbonyl (C=O) groups excluding carboxylic acids is 1. The van der Waals surface area contributed by atoms with Gasteiger partial charge in [0.15, 0.2) is 0 Å². The zero-order valence-corrected chi connectivity index (χ0v) is 16.7. The molecule has 6 nitrogen and oxygen atoms in total. The van der Waals surface area contributed by atoms with Gasteiger partial charge in [-0.05, 0) is 44.0 Å². The van der Waals surface area contributed by atoms with E-state index in [1.54, 1.807) is 19.1 Å². The molecule has 150 valence electrons. The fraction of sp³-hybridized carbons (Fsp3) is 0.632. The molecule has 2 saturated heterocycles. The van der Waals surface area contributed by atoms with Gasteiger partial charge in [0.2, 0.25) is 10.0 Å². The van der Waals surface area contributed by atoms with Crippen molar-refractivity contribution in [1.29, 1.82) is 0 Å². The monoisotopic (exact) mass is 398 g/mol. The summed E-state index contributed by atoms with van der Waals surface area (Å²) in [5, 5.41) is 0. The van der Waals surface area contributed by atoms with Gasteiger partial charge in [0.1, 0.15) is 5.82 Å². The zero-order valence-electron chi connectivity index (χ0n) is 15.9. The number of ether oxygens (including phenoxy) is 1. The highest BCUT2D eigenvalue weighted by molar-refractivity contribution is 7.88. The molecule has 0 amide bonds. The van der Waals surface area contributed by atoms with Crippen molar-refractivity contribution < 1.29 is 22.3 Å². The highest BCUT2D eigenvalue weighted by Crippen LogP contribution is 2.44. The number of esters is 1. The quantitative estimate of drug-likeness (QED) is 0.709. The van der Waals surface area contributed by atoms with Crippen LogP contribution in [0.15, 0.2) is 24.3 Å². The topological polar surface area (TPSA) is 66.9 Å². The zero-order chi connectivity index (χ0) is 19.7. The second-order valence-corrected chi connectivity index (χ2v) is 9.58. The SMILES string of the molecule is CCOC(=O)[C@@]12CCCN(Cc3ccc(F)cc3)C[C@@H]1CN(S(C)(=O)=O)C2. The van der Waals surface area contributed by atoms with E-state index in [1.807, 2.05) is 0 Å². The van der Waals surface area contributed by atoms with Crippen molar-refractivity contribution in [1.82, 2.24) is 9.21 Å². The third-order valence-corrected chi connectivity index (χ3v) is 6.93. The Morgan fingerprint density at radius 3 is 2.63 bits per heavy atom. The van der Waals surface area contributed by atoms with Crippen LogP contribution in [0.4, 0.5) is 4.39 Å². The number of carbonyl (C=O) groups is 1. The Balaban J connectivity index is 1.82. The molecule has 1 aromatic rings. The smallest absolute Gasteiger partial charge is 0.313 e. The lowest BCUT2D eigenvalue weighted by Crippen LogP contribution is -2.42. The van der Waals surface area contributed by atoms with E-state index in [-0.39, 0.29) is 30.9 Å². The first-order valence-corrected chi connectivity index (χ1v) is 11.2. The Morgan fingerprint density at radius 2 is 2.00 bits per heavy atom. The summed E-state index contributed by atoms with van der Waals surface area (Å²) in [4.78, 5) is 15.1. The first-order chi connectivity index (χ1) is 12.7. The van der Waals surface area contributed by atoms with Crippen molar-refractivity contribution in [3.05, 3.63) is 35.6 Å². The van der Waals surface area contributed by atoms with E-state index >= 15 is 0 Å². The number of halogens is 1. The van der Waals surface area contributed by atoms with Crippen LogP contribution in [0.25, 0.3) is 0 Å². The van der Waals surface area contributed by atoms with Gasteiger partial charge in [-0.1, -0.05) is 12.1 Å². The van der Waals surface area contributed by atoms with E-state index in [0.717, 1.165) is 18.5 Å². The van der Waals surface area contributed by atoms with Crippen LogP contribution in [0, 0.1) is 17.2 Å². The maximum atomic E-state index is 13.1. The van der Waals surface area contributed by atoms with Gasteiger partial charge in [0.25, 0.3) is 0 Å². The van der Waals surface area contributed by atoms with Crippen LogP contribution < -0.4 is 0 Å². The minimum absolute atomic E-state index is 0.116. The average Bonchev–Trinajstić information content (AvgIpc) is 2.88. The highest BCUT2D eigenvalue weighted by atomic mass is 32.2. The Kier molecular flexibility index (Phi) is 5.88. The van der Waals surface area contributed by atoms with Crippen molar-refractivity contribution in [3.63, 3.8) is 0 Å². The van der Waals surface area contributed by atoms with Gasteiger partial charge in [-0.3, -0.25) is 9.69 Å². The maximum Gasteiger partial charge on any atom is 0.313 e. The van der Waals surface area contributed by atoms with E-state index in [1.165, 1.54) is 22.7 Å². The summed E-state index contributed by atoms with van der Waals surface area (Å²) >= 11 is 0. The van der Waals surface area contributed by atoms with Crippen LogP contribution in [0.5, 0.6) is 0 Å². The first-order valence-electron chi connectivity index (χ1n) is 9.34. The standard InChI is InChI=1S/C19H27FN2O4S/c1-3-26-18(23)19-9-4-10-21(11-15-5-7-17(20)8-6-15)12-16(19)13-22(14-19)27(2,24)25/h5-8,16H,3-4,9-14H2,1-2H3/t16-,19-/m1/s1. The molecule has 0 aromatic heterocycles. The number of benzene rings is 1. The summed E-state index contributed by atoms with van der Waals surface area (Å²) in [6.45, 7) is 4.65. The summed E-state index contributed by atoms with van der Waals surface area (Å²) in [5.41, 5.74) is 0.217. The van der Waals surface area contributed by atoms with Crippen LogP contribution in [-0.2, 0) is 26.1 Å². The van der Waals surface area contributed by atoms with Crippen LogP contribution in [0.1, 0.15) is 25.3 Å². The van der Waals surface area contributed by atoms with Crippen LogP contribution in [-0.4, -0.2) is 62.6 Å². The van der Waals surface area contributed by atoms with Gasteiger partial charge in [0.05, 0.1) is 18.3 Å². The van der Waals surface area contributed by atoms with Crippen LogP contribution in [0.2, 0.25) is 0 Å². The third-order valence-electron chi connectivity index (χ3n) is 5.71. The molecule has 2 heterocycles. The van der Waals surface area contributed by atoms with E-state index in [4.69, 9.17) is 4.74 Å². The molecule has 0 bridgehead atoms. The summed E-state index contributed by atoms with van der Waals surface area (Å²) in [6.07, 6.45) is 2.59. The lowest BCUT2D eigenvalue weighted by Gasteiger charge is -2.31. The summed E-state index contributed by atoms with van der Waals surface area (Å²) in [6, 6.07) is 6.40. The largest absolute Gasteiger partial charge is 0.466 e.